The second kappa shape index (κ2) is 28.3. The number of unbranched alkanes of at least 4 members (excludes halogenated alkanes) is 5. The number of rotatable bonds is 29. The Morgan fingerprint density at radius 2 is 1.19 bits per heavy atom. The van der Waals surface area contributed by atoms with Crippen LogP contribution in [0, 0.1) is 23.6 Å². The SMILES string of the molecule is CCCCOC1[C@@H](OCCCC)[C@H](OCCCC)C(O)(C#Cc2ccc([C@@H]3[C@@H](CC[C@H](OC(C)=O)c4ccc(F)cc4)C(=O)N3c3ccc(OS(=O)(=O)C(F)(F)F)cc3)cc2)[C@H](OCCCC)[C@H]1OCCCC. The van der Waals surface area contributed by atoms with E-state index in [-0.39, 0.29) is 24.4 Å². The minimum Gasteiger partial charge on any atom is -0.458 e. The second-order valence-corrected chi connectivity index (χ2v) is 20.1. The van der Waals surface area contributed by atoms with Gasteiger partial charge in [0.05, 0.1) is 12.0 Å². The van der Waals surface area contributed by atoms with E-state index in [4.69, 9.17) is 28.4 Å². The van der Waals surface area contributed by atoms with Crippen molar-refractivity contribution in [1.29, 1.82) is 0 Å². The van der Waals surface area contributed by atoms with Crippen molar-refractivity contribution in [2.75, 3.05) is 37.9 Å². The number of aliphatic hydroxyl groups is 1. The predicted molar refractivity (Wildman–Crippen MR) is 267 cm³/mol. The van der Waals surface area contributed by atoms with Crippen LogP contribution in [0.3, 0.4) is 0 Å². The number of esters is 1. The molecule has 2 unspecified atom stereocenters. The Morgan fingerprint density at radius 1 is 0.712 bits per heavy atom. The van der Waals surface area contributed by atoms with Gasteiger partial charge in [0, 0.05) is 51.2 Å². The topological polar surface area (TPSA) is 156 Å². The first kappa shape index (κ1) is 59.3. The van der Waals surface area contributed by atoms with E-state index in [0.29, 0.717) is 49.7 Å². The lowest BCUT2D eigenvalue weighted by Gasteiger charge is -2.52. The quantitative estimate of drug-likeness (QED) is 0.0134. The number of benzene rings is 3. The number of amides is 1. The number of carbonyl (C=O) groups excluding carboxylic acids is 2. The van der Waals surface area contributed by atoms with Gasteiger partial charge in [-0.3, -0.25) is 9.59 Å². The maximum absolute atomic E-state index is 14.1. The molecule has 5 rings (SSSR count). The van der Waals surface area contributed by atoms with Crippen molar-refractivity contribution in [3.8, 4) is 17.6 Å². The fraction of sp³-hybridized carbons (Fsp3) is 0.600. The van der Waals surface area contributed by atoms with Gasteiger partial charge in [0.1, 0.15) is 48.2 Å². The Morgan fingerprint density at radius 3 is 1.66 bits per heavy atom. The van der Waals surface area contributed by atoms with E-state index in [1.165, 1.54) is 48.2 Å². The van der Waals surface area contributed by atoms with Crippen molar-refractivity contribution in [1.82, 2.24) is 0 Å². The van der Waals surface area contributed by atoms with Crippen molar-refractivity contribution < 1.29 is 73.3 Å². The maximum atomic E-state index is 14.1. The Labute approximate surface area is 428 Å². The molecule has 13 nitrogen and oxygen atoms in total. The molecule has 0 radical (unpaired) electrons. The van der Waals surface area contributed by atoms with Gasteiger partial charge in [0.25, 0.3) is 0 Å². The molecule has 73 heavy (non-hydrogen) atoms. The molecule has 2 fully saturated rings. The first-order chi connectivity index (χ1) is 34.9. The third-order valence-corrected chi connectivity index (χ3v) is 13.9. The summed E-state index contributed by atoms with van der Waals surface area (Å²) in [6.45, 7) is 13.5. The van der Waals surface area contributed by atoms with E-state index >= 15 is 0 Å². The monoisotopic (exact) mass is 1050 g/mol. The minimum absolute atomic E-state index is 0.177. The molecule has 18 heteroatoms. The zero-order chi connectivity index (χ0) is 53.2. The lowest BCUT2D eigenvalue weighted by atomic mass is 9.74. The van der Waals surface area contributed by atoms with Crippen molar-refractivity contribution >= 4 is 27.7 Å². The molecule has 0 spiro atoms. The number of carbonyl (C=O) groups is 2. The molecular weight excluding hydrogens is 975 g/mol. The van der Waals surface area contributed by atoms with Crippen LogP contribution in [0.15, 0.2) is 72.8 Å². The summed E-state index contributed by atoms with van der Waals surface area (Å²) >= 11 is 0. The molecule has 3 aromatic carbocycles. The third-order valence-electron chi connectivity index (χ3n) is 12.9. The number of anilines is 1. The van der Waals surface area contributed by atoms with Crippen molar-refractivity contribution in [2.24, 2.45) is 5.92 Å². The Bertz CT molecular complexity index is 2310. The first-order valence-corrected chi connectivity index (χ1v) is 27.1. The molecule has 1 saturated heterocycles. The molecule has 1 saturated carbocycles. The molecule has 0 bridgehead atoms. The molecule has 0 aromatic heterocycles. The summed E-state index contributed by atoms with van der Waals surface area (Å²) < 4.78 is 120. The van der Waals surface area contributed by atoms with Gasteiger partial charge in [-0.05, 0) is 105 Å². The van der Waals surface area contributed by atoms with Gasteiger partial charge < -0.3 is 42.6 Å². The van der Waals surface area contributed by atoms with E-state index in [2.05, 4.69) is 50.6 Å². The van der Waals surface area contributed by atoms with Crippen LogP contribution in [-0.2, 0) is 48.1 Å². The predicted octanol–water partition coefficient (Wildman–Crippen LogP) is 10.9. The van der Waals surface area contributed by atoms with Crippen LogP contribution in [0.4, 0.5) is 23.2 Å². The van der Waals surface area contributed by atoms with Gasteiger partial charge in [-0.15, -0.1) is 0 Å². The first-order valence-electron chi connectivity index (χ1n) is 25.7. The lowest BCUT2D eigenvalue weighted by Crippen LogP contribution is -2.73. The highest BCUT2D eigenvalue weighted by atomic mass is 32.2. The molecule has 1 heterocycles. The molecule has 1 aliphatic carbocycles. The number of β-lactam (4-membered cyclic amide) rings is 1. The van der Waals surface area contributed by atoms with E-state index in [0.717, 1.165) is 76.3 Å². The normalized spacial score (nSPS) is 23.6. The maximum Gasteiger partial charge on any atom is 0.534 e. The van der Waals surface area contributed by atoms with Gasteiger partial charge in [-0.25, -0.2) is 4.39 Å². The highest BCUT2D eigenvalue weighted by Gasteiger charge is 2.62. The van der Waals surface area contributed by atoms with Crippen LogP contribution in [0.25, 0.3) is 0 Å². The summed E-state index contributed by atoms with van der Waals surface area (Å²) in [5.41, 5.74) is -5.71. The van der Waals surface area contributed by atoms with Gasteiger partial charge in [0.15, 0.2) is 5.60 Å². The highest BCUT2D eigenvalue weighted by molar-refractivity contribution is 7.88. The van der Waals surface area contributed by atoms with Gasteiger partial charge in [0.2, 0.25) is 5.91 Å². The largest absolute Gasteiger partial charge is 0.534 e. The van der Waals surface area contributed by atoms with Crippen molar-refractivity contribution in [3.63, 3.8) is 0 Å². The van der Waals surface area contributed by atoms with Gasteiger partial charge >= 0.3 is 21.6 Å². The fourth-order valence-corrected chi connectivity index (χ4v) is 9.37. The number of halogens is 4. The Hall–Kier alpha value is -4.61. The summed E-state index contributed by atoms with van der Waals surface area (Å²) in [7, 11) is -5.95. The highest BCUT2D eigenvalue weighted by Crippen LogP contribution is 2.47. The zero-order valence-electron chi connectivity index (χ0n) is 42.9. The minimum atomic E-state index is -5.95. The third kappa shape index (κ3) is 15.7. The van der Waals surface area contributed by atoms with Crippen molar-refractivity contribution in [3.05, 3.63) is 95.3 Å². The Balaban J connectivity index is 1.56. The molecule has 3 aromatic rings. The van der Waals surface area contributed by atoms with Gasteiger partial charge in [-0.1, -0.05) is 103 Å². The van der Waals surface area contributed by atoms with E-state index in [1.54, 1.807) is 24.3 Å². The number of ether oxygens (including phenoxy) is 6. The molecule has 1 N–H and O–H groups in total. The summed E-state index contributed by atoms with van der Waals surface area (Å²) in [4.78, 5) is 27.8. The molecule has 404 valence electrons. The average molecular weight is 1050 g/mol. The standard InChI is InChI=1S/C55H73F4NO12S/c1-7-12-33-66-48-49(67-34-13-8-2)51(69-36-15-10-4)54(63,52(70-37-16-11-5)50(48)68-35-14-9-3)32-31-39-17-19-41(20-18-39)47-45(29-30-46(71-38(6)61)40-21-23-42(56)24-22-40)53(62)60(47)43-25-27-44(28-26-43)72-73(64,65)55(57,58)59/h17-28,45-52,63H,7-16,29-30,33-37H2,1-6H3/t45-,46+,47-,48?,49-,50+,51+,52-,54?/m1/s1. The van der Waals surface area contributed by atoms with Crippen LogP contribution < -0.4 is 9.08 Å². The molecule has 9 atom stereocenters. The molecule has 1 amide bonds. The number of hydrogen-bond acceptors (Lipinski definition) is 12. The van der Waals surface area contributed by atoms with E-state index < -0.39 is 87.3 Å². The lowest BCUT2D eigenvalue weighted by molar-refractivity contribution is -0.293. The summed E-state index contributed by atoms with van der Waals surface area (Å²) in [5.74, 6) is 3.68. The zero-order valence-corrected chi connectivity index (χ0v) is 43.7. The van der Waals surface area contributed by atoms with Crippen LogP contribution in [0.1, 0.15) is 147 Å². The average Bonchev–Trinajstić information content (AvgIpc) is 3.35. The number of alkyl halides is 3. The van der Waals surface area contributed by atoms with Crippen LogP contribution in [-0.4, -0.2) is 100 Å². The molecule has 2 aliphatic rings. The fourth-order valence-electron chi connectivity index (χ4n) is 8.91. The van der Waals surface area contributed by atoms with Crippen molar-refractivity contribution in [2.45, 2.75) is 172 Å². The summed E-state index contributed by atoms with van der Waals surface area (Å²) in [6.07, 6.45) is 3.53. The summed E-state index contributed by atoms with van der Waals surface area (Å²) in [6, 6.07) is 16.5. The molecular formula is C55H73F4NO12S. The van der Waals surface area contributed by atoms with E-state index in [9.17, 15) is 40.7 Å². The number of nitrogens with zero attached hydrogens (tertiary/aromatic N) is 1. The van der Waals surface area contributed by atoms with Crippen LogP contribution in [0.2, 0.25) is 0 Å². The smallest absolute Gasteiger partial charge is 0.458 e. The number of hydrogen-bond donors (Lipinski definition) is 1. The van der Waals surface area contributed by atoms with Gasteiger partial charge in [-0.2, -0.15) is 21.6 Å². The van der Waals surface area contributed by atoms with E-state index in [1.807, 2.05) is 0 Å². The van der Waals surface area contributed by atoms with Crippen LogP contribution in [0.5, 0.6) is 5.75 Å². The second-order valence-electron chi connectivity index (χ2n) is 18.5. The van der Waals surface area contributed by atoms with Crippen LogP contribution >= 0.6 is 0 Å². The summed E-state index contributed by atoms with van der Waals surface area (Å²) in [5, 5.41) is 13.3. The Kier molecular flexibility index (Phi) is 23.0. The molecule has 1 aliphatic heterocycles.